The van der Waals surface area contributed by atoms with Gasteiger partial charge in [0.05, 0.1) is 60.9 Å². The molecule has 0 bridgehead atoms. The summed E-state index contributed by atoms with van der Waals surface area (Å²) in [5, 5.41) is 17.8. The third-order valence-electron chi connectivity index (χ3n) is 6.54. The Kier molecular flexibility index (Phi) is 6.63. The third-order valence-corrected chi connectivity index (χ3v) is 7.89. The van der Waals surface area contributed by atoms with Crippen LogP contribution in [-0.2, 0) is 18.0 Å². The number of urea groups is 1. The maximum absolute atomic E-state index is 14.3. The number of imide groups is 1. The molecule has 2 aliphatic rings. The number of rotatable bonds is 5. The molecule has 0 aliphatic carbocycles. The molecule has 2 atom stereocenters. The predicted octanol–water partition coefficient (Wildman–Crippen LogP) is 4.21. The number of carbonyl (C=O) groups is 2. The van der Waals surface area contributed by atoms with Crippen molar-refractivity contribution in [1.29, 1.82) is 10.5 Å². The number of fused-ring (bicyclic) bond motifs is 2. The van der Waals surface area contributed by atoms with Gasteiger partial charge in [-0.15, -0.1) is 11.8 Å². The van der Waals surface area contributed by atoms with Gasteiger partial charge in [0.1, 0.15) is 10.8 Å². The summed E-state index contributed by atoms with van der Waals surface area (Å²) in [6.07, 6.45) is -1.11. The molecule has 3 amide bonds. The van der Waals surface area contributed by atoms with E-state index < -0.39 is 41.0 Å². The molecule has 5 rings (SSSR count). The number of hydrogen-bond acceptors (Lipinski definition) is 8. The van der Waals surface area contributed by atoms with Crippen LogP contribution < -0.4 is 9.64 Å². The van der Waals surface area contributed by atoms with E-state index in [0.717, 1.165) is 46.7 Å². The highest BCUT2D eigenvalue weighted by atomic mass is 32.2. The number of nitrogens with zero attached hydrogens (tertiary/aromatic N) is 7. The van der Waals surface area contributed by atoms with Crippen LogP contribution in [0.25, 0.3) is 15.9 Å². The number of aromatic nitrogens is 3. The van der Waals surface area contributed by atoms with Crippen LogP contribution in [-0.4, -0.2) is 56.3 Å². The summed E-state index contributed by atoms with van der Waals surface area (Å²) in [7, 11) is 2.37. The van der Waals surface area contributed by atoms with E-state index in [1.807, 2.05) is 12.1 Å². The van der Waals surface area contributed by atoms with Crippen molar-refractivity contribution < 1.29 is 31.9 Å². The standard InChI is InChI=1S/C25H17F4N7O3S/c1-34-20-15(33-23(34)25(27,28)29)10-32-11-17(20)36-22(37)21-16(35(24(36)38)5-3-4-30)8-19(40-21)13-7-18(39-2)14(26)6-12(13)9-31/h6-8,10-11,16,21H,3,5H2,1-2H3. The zero-order chi connectivity index (χ0) is 28.9. The second kappa shape index (κ2) is 9.84. The number of aryl methyl sites for hydroxylation is 1. The second-order valence-corrected chi connectivity index (χ2v) is 9.96. The summed E-state index contributed by atoms with van der Waals surface area (Å²) in [4.78, 5) is 37.5. The molecule has 3 aromatic rings. The third kappa shape index (κ3) is 4.19. The Labute approximate surface area is 228 Å². The quantitative estimate of drug-likeness (QED) is 0.417. The first kappa shape index (κ1) is 27.0. The minimum atomic E-state index is -4.81. The molecule has 0 N–H and O–H groups in total. The van der Waals surface area contributed by atoms with Gasteiger partial charge in [-0.1, -0.05) is 0 Å². The van der Waals surface area contributed by atoms with E-state index in [4.69, 9.17) is 4.74 Å². The van der Waals surface area contributed by atoms with Gasteiger partial charge >= 0.3 is 12.2 Å². The summed E-state index contributed by atoms with van der Waals surface area (Å²) in [6.45, 7) is -0.0922. The van der Waals surface area contributed by atoms with Crippen molar-refractivity contribution in [1.82, 2.24) is 19.4 Å². The fourth-order valence-corrected chi connectivity index (χ4v) is 6.14. The van der Waals surface area contributed by atoms with E-state index in [1.165, 1.54) is 18.1 Å². The number of benzene rings is 1. The fourth-order valence-electron chi connectivity index (χ4n) is 4.78. The minimum Gasteiger partial charge on any atom is -0.494 e. The lowest BCUT2D eigenvalue weighted by Crippen LogP contribution is -2.62. The molecular weight excluding hydrogens is 554 g/mol. The highest BCUT2D eigenvalue weighted by molar-refractivity contribution is 8.09. The van der Waals surface area contributed by atoms with E-state index in [9.17, 15) is 37.7 Å². The van der Waals surface area contributed by atoms with Crippen LogP contribution in [0.2, 0.25) is 0 Å². The van der Waals surface area contributed by atoms with Gasteiger partial charge in [0.15, 0.2) is 11.6 Å². The Morgan fingerprint density at radius 3 is 2.60 bits per heavy atom. The first-order valence-electron chi connectivity index (χ1n) is 11.6. The molecule has 10 nitrogen and oxygen atoms in total. The lowest BCUT2D eigenvalue weighted by Gasteiger charge is -2.40. The number of thioether (sulfide) groups is 1. The van der Waals surface area contributed by atoms with Crippen molar-refractivity contribution in [2.24, 2.45) is 7.05 Å². The van der Waals surface area contributed by atoms with Crippen molar-refractivity contribution in [3.63, 3.8) is 0 Å². The number of carbonyl (C=O) groups excluding carboxylic acids is 2. The summed E-state index contributed by atoms with van der Waals surface area (Å²) >= 11 is 1.01. The summed E-state index contributed by atoms with van der Waals surface area (Å²) < 4.78 is 60.8. The molecule has 0 spiro atoms. The normalized spacial score (nSPS) is 18.9. The largest absolute Gasteiger partial charge is 0.494 e. The van der Waals surface area contributed by atoms with Gasteiger partial charge in [-0.25, -0.2) is 19.1 Å². The maximum atomic E-state index is 14.3. The predicted molar refractivity (Wildman–Crippen MR) is 134 cm³/mol. The second-order valence-electron chi connectivity index (χ2n) is 8.78. The Balaban J connectivity index is 1.63. The average Bonchev–Trinajstić information content (AvgIpc) is 3.51. The topological polar surface area (TPSA) is 128 Å². The van der Waals surface area contributed by atoms with Crippen molar-refractivity contribution in [3.05, 3.63) is 53.4 Å². The first-order valence-corrected chi connectivity index (χ1v) is 12.4. The van der Waals surface area contributed by atoms with Crippen LogP contribution in [0.5, 0.6) is 5.75 Å². The number of nitriles is 2. The monoisotopic (exact) mass is 571 g/mol. The lowest BCUT2D eigenvalue weighted by atomic mass is 10.0. The van der Waals surface area contributed by atoms with Crippen LogP contribution >= 0.6 is 11.8 Å². The van der Waals surface area contributed by atoms with E-state index >= 15 is 0 Å². The number of pyridine rings is 1. The molecule has 2 unspecified atom stereocenters. The number of methoxy groups -OCH3 is 1. The molecule has 2 aliphatic heterocycles. The van der Waals surface area contributed by atoms with E-state index in [1.54, 1.807) is 6.08 Å². The fraction of sp³-hybridized carbons (Fsp3) is 0.280. The Morgan fingerprint density at radius 2 is 1.95 bits per heavy atom. The smallest absolute Gasteiger partial charge is 0.449 e. The van der Waals surface area contributed by atoms with E-state index in [2.05, 4.69) is 9.97 Å². The van der Waals surface area contributed by atoms with Crippen LogP contribution in [0.1, 0.15) is 23.4 Å². The summed E-state index contributed by atoms with van der Waals surface area (Å²) in [6, 6.07) is 4.45. The average molecular weight is 572 g/mol. The van der Waals surface area contributed by atoms with Gasteiger partial charge in [-0.05, 0) is 18.2 Å². The number of amides is 3. The Bertz CT molecular complexity index is 1690. The molecule has 2 aromatic heterocycles. The van der Waals surface area contributed by atoms with E-state index in [0.29, 0.717) is 4.91 Å². The number of hydrogen-bond donors (Lipinski definition) is 0. The van der Waals surface area contributed by atoms with Gasteiger partial charge in [0.2, 0.25) is 5.82 Å². The molecule has 1 saturated heterocycles. The number of imidazole rings is 1. The highest BCUT2D eigenvalue weighted by Gasteiger charge is 2.50. The van der Waals surface area contributed by atoms with Crippen molar-refractivity contribution in [2.45, 2.75) is 23.9 Å². The van der Waals surface area contributed by atoms with Crippen LogP contribution in [0.15, 0.2) is 30.6 Å². The molecular formula is C25H17F4N7O3S. The Hall–Kier alpha value is -4.63. The number of alkyl halides is 3. The van der Waals surface area contributed by atoms with Gasteiger partial charge in [0.25, 0.3) is 5.91 Å². The van der Waals surface area contributed by atoms with Crippen LogP contribution in [0.4, 0.5) is 28.0 Å². The van der Waals surface area contributed by atoms with Gasteiger partial charge < -0.3 is 14.2 Å². The van der Waals surface area contributed by atoms with Crippen LogP contribution in [0.3, 0.4) is 0 Å². The molecule has 40 heavy (non-hydrogen) atoms. The first-order chi connectivity index (χ1) is 19.0. The molecule has 204 valence electrons. The van der Waals surface area contributed by atoms with E-state index in [-0.39, 0.29) is 46.6 Å². The number of anilines is 1. The highest BCUT2D eigenvalue weighted by Crippen LogP contribution is 2.47. The van der Waals surface area contributed by atoms with Crippen molar-refractivity contribution >= 4 is 45.3 Å². The Morgan fingerprint density at radius 1 is 1.20 bits per heavy atom. The molecule has 1 aromatic carbocycles. The molecule has 0 radical (unpaired) electrons. The molecule has 0 saturated carbocycles. The maximum Gasteiger partial charge on any atom is 0.449 e. The molecule has 15 heteroatoms. The number of halogens is 4. The van der Waals surface area contributed by atoms with Crippen LogP contribution in [0, 0.1) is 28.5 Å². The molecule has 1 fully saturated rings. The lowest BCUT2D eigenvalue weighted by molar-refractivity contribution is -0.146. The zero-order valence-electron chi connectivity index (χ0n) is 20.7. The van der Waals surface area contributed by atoms with Gasteiger partial charge in [0, 0.05) is 24.1 Å². The number of ether oxygens (including phenoxy) is 1. The minimum absolute atomic E-state index is 0.0292. The van der Waals surface area contributed by atoms with Crippen molar-refractivity contribution in [3.8, 4) is 17.9 Å². The summed E-state index contributed by atoms with van der Waals surface area (Å²) in [5.41, 5.74) is -0.257. The zero-order valence-corrected chi connectivity index (χ0v) is 21.5. The van der Waals surface area contributed by atoms with Gasteiger partial charge in [-0.3, -0.25) is 9.78 Å². The summed E-state index contributed by atoms with van der Waals surface area (Å²) in [5.74, 6) is -2.87. The van der Waals surface area contributed by atoms with Crippen molar-refractivity contribution in [2.75, 3.05) is 18.6 Å². The SMILES string of the molecule is COc1cc(C2=CC3C(S2)C(=O)N(c2cncc4nc(C(F)(F)F)n(C)c24)C(=O)N3CCC#N)c(C#N)cc1F. The van der Waals surface area contributed by atoms with Gasteiger partial charge in [-0.2, -0.15) is 23.7 Å². The molecule has 4 heterocycles.